The molecule has 0 aromatic carbocycles. The maximum Gasteiger partial charge on any atom is 0.191 e. The first kappa shape index (κ1) is 21.5. The number of nitrogens with zero attached hydrogens (tertiary/aromatic N) is 5. The molecule has 1 saturated heterocycles. The van der Waals surface area contributed by atoms with Gasteiger partial charge in [-0.15, -0.1) is 11.3 Å². The summed E-state index contributed by atoms with van der Waals surface area (Å²) >= 11 is 1.80. The predicted octanol–water partition coefficient (Wildman–Crippen LogP) is 2.38. The number of ether oxygens (including phenoxy) is 1. The zero-order valence-electron chi connectivity index (χ0n) is 18.0. The van der Waals surface area contributed by atoms with E-state index in [9.17, 15) is 0 Å². The zero-order chi connectivity index (χ0) is 21.5. The second-order valence-electron chi connectivity index (χ2n) is 7.36. The number of hydrogen-bond donors (Lipinski definition) is 2. The van der Waals surface area contributed by atoms with E-state index in [4.69, 9.17) is 4.74 Å². The first-order valence-corrected chi connectivity index (χ1v) is 11.4. The summed E-state index contributed by atoms with van der Waals surface area (Å²) in [6.07, 6.45) is 5.58. The largest absolute Gasteiger partial charge is 0.379 e. The van der Waals surface area contributed by atoms with Gasteiger partial charge in [0.05, 0.1) is 19.3 Å². The fourth-order valence-electron chi connectivity index (χ4n) is 3.66. The van der Waals surface area contributed by atoms with E-state index in [0.29, 0.717) is 12.6 Å². The monoisotopic (exact) mass is 439 g/mol. The van der Waals surface area contributed by atoms with Gasteiger partial charge in [0, 0.05) is 56.7 Å². The lowest BCUT2D eigenvalue weighted by atomic mass is 10.2. The van der Waals surface area contributed by atoms with Crippen LogP contribution in [0, 0.1) is 6.92 Å². The highest BCUT2D eigenvalue weighted by Gasteiger charge is 2.23. The van der Waals surface area contributed by atoms with E-state index in [0.717, 1.165) is 56.0 Å². The van der Waals surface area contributed by atoms with Crippen molar-refractivity contribution in [1.82, 2.24) is 30.1 Å². The van der Waals surface area contributed by atoms with Crippen molar-refractivity contribution in [2.45, 2.75) is 19.5 Å². The Hall–Kier alpha value is -2.75. The number of rotatable bonds is 7. The van der Waals surface area contributed by atoms with Crippen LogP contribution < -0.4 is 10.6 Å². The van der Waals surface area contributed by atoms with Crippen LogP contribution in [0.15, 0.2) is 53.2 Å². The summed E-state index contributed by atoms with van der Waals surface area (Å²) in [7, 11) is 1.80. The Morgan fingerprint density at radius 1 is 1.23 bits per heavy atom. The summed E-state index contributed by atoms with van der Waals surface area (Å²) in [4.78, 5) is 17.0. The molecular weight excluding hydrogens is 410 g/mol. The van der Waals surface area contributed by atoms with Gasteiger partial charge >= 0.3 is 0 Å². The van der Waals surface area contributed by atoms with Gasteiger partial charge in [-0.05, 0) is 30.0 Å². The van der Waals surface area contributed by atoms with Crippen LogP contribution in [0.25, 0.3) is 5.82 Å². The van der Waals surface area contributed by atoms with Gasteiger partial charge in [-0.1, -0.05) is 12.1 Å². The molecule has 9 heteroatoms. The zero-order valence-corrected chi connectivity index (χ0v) is 18.8. The molecule has 3 aromatic rings. The topological polar surface area (TPSA) is 79.6 Å². The third-order valence-electron chi connectivity index (χ3n) is 5.39. The number of imidazole rings is 1. The van der Waals surface area contributed by atoms with Crippen molar-refractivity contribution >= 4 is 17.3 Å². The van der Waals surface area contributed by atoms with Crippen molar-refractivity contribution in [3.05, 3.63) is 64.5 Å². The van der Waals surface area contributed by atoms with Crippen LogP contribution in [0.5, 0.6) is 0 Å². The van der Waals surface area contributed by atoms with Crippen molar-refractivity contribution in [3.8, 4) is 5.82 Å². The maximum absolute atomic E-state index is 5.53. The lowest BCUT2D eigenvalue weighted by Crippen LogP contribution is -2.46. The molecule has 0 radical (unpaired) electrons. The third kappa shape index (κ3) is 5.49. The van der Waals surface area contributed by atoms with Gasteiger partial charge in [0.2, 0.25) is 0 Å². The second-order valence-corrected chi connectivity index (χ2v) is 8.33. The minimum atomic E-state index is 0.307. The molecule has 1 atom stereocenters. The van der Waals surface area contributed by atoms with Gasteiger partial charge in [-0.3, -0.25) is 14.5 Å². The third-order valence-corrected chi connectivity index (χ3v) is 6.36. The molecule has 8 nitrogen and oxygen atoms in total. The summed E-state index contributed by atoms with van der Waals surface area (Å²) in [5.41, 5.74) is 1.09. The SMILES string of the molecule is CN=C(NCc1ccc(-n2ccnc2C)nc1)NCC(c1cccs1)N1CCOCC1. The molecule has 3 aromatic heterocycles. The standard InChI is InChI=1S/C22H29N7OS/c1-17-24-7-8-29(17)21-6-5-18(14-25-21)15-26-22(23-2)27-16-19(20-4-3-13-31-20)28-9-11-30-12-10-28/h3-8,13-14,19H,9-12,15-16H2,1-2H3,(H2,23,26,27). The summed E-state index contributed by atoms with van der Waals surface area (Å²) in [5, 5.41) is 9.03. The van der Waals surface area contributed by atoms with Crippen LogP contribution in [0.3, 0.4) is 0 Å². The van der Waals surface area contributed by atoms with E-state index in [2.05, 4.69) is 54.1 Å². The van der Waals surface area contributed by atoms with Crippen LogP contribution in [0.2, 0.25) is 0 Å². The number of aliphatic imine (C=N–C) groups is 1. The maximum atomic E-state index is 5.53. The van der Waals surface area contributed by atoms with Gasteiger partial charge in [0.15, 0.2) is 5.96 Å². The molecule has 0 aliphatic carbocycles. The smallest absolute Gasteiger partial charge is 0.191 e. The van der Waals surface area contributed by atoms with Crippen molar-refractivity contribution in [1.29, 1.82) is 0 Å². The Morgan fingerprint density at radius 3 is 2.74 bits per heavy atom. The number of aryl methyl sites for hydroxylation is 1. The number of guanidine groups is 1. The van der Waals surface area contributed by atoms with E-state index in [1.54, 1.807) is 24.6 Å². The first-order valence-electron chi connectivity index (χ1n) is 10.5. The van der Waals surface area contributed by atoms with Crippen molar-refractivity contribution in [2.24, 2.45) is 4.99 Å². The quantitative estimate of drug-likeness (QED) is 0.435. The number of morpholine rings is 1. The molecule has 1 fully saturated rings. The molecule has 4 rings (SSSR count). The van der Waals surface area contributed by atoms with Crippen LogP contribution >= 0.6 is 11.3 Å². The van der Waals surface area contributed by atoms with Gasteiger partial charge in [-0.2, -0.15) is 0 Å². The van der Waals surface area contributed by atoms with Crippen LogP contribution in [-0.4, -0.2) is 65.3 Å². The summed E-state index contributed by atoms with van der Waals surface area (Å²) in [5.74, 6) is 2.57. The highest BCUT2D eigenvalue weighted by molar-refractivity contribution is 7.10. The van der Waals surface area contributed by atoms with Crippen molar-refractivity contribution in [3.63, 3.8) is 0 Å². The number of pyridine rings is 1. The van der Waals surface area contributed by atoms with Crippen molar-refractivity contribution < 1.29 is 4.74 Å². The summed E-state index contributed by atoms with van der Waals surface area (Å²) in [6, 6.07) is 8.71. The van der Waals surface area contributed by atoms with Gasteiger partial charge in [0.1, 0.15) is 11.6 Å². The predicted molar refractivity (Wildman–Crippen MR) is 124 cm³/mol. The van der Waals surface area contributed by atoms with Gasteiger partial charge in [-0.25, -0.2) is 9.97 Å². The lowest BCUT2D eigenvalue weighted by Gasteiger charge is -2.34. The van der Waals surface area contributed by atoms with E-state index in [1.165, 1.54) is 4.88 Å². The van der Waals surface area contributed by atoms with E-state index < -0.39 is 0 Å². The average molecular weight is 440 g/mol. The minimum Gasteiger partial charge on any atom is -0.379 e. The van der Waals surface area contributed by atoms with E-state index in [-0.39, 0.29) is 0 Å². The number of hydrogen-bond acceptors (Lipinski definition) is 6. The van der Waals surface area contributed by atoms with Crippen LogP contribution in [-0.2, 0) is 11.3 Å². The molecule has 0 amide bonds. The molecule has 1 unspecified atom stereocenters. The normalized spacial score (nSPS) is 16.3. The lowest BCUT2D eigenvalue weighted by molar-refractivity contribution is 0.0177. The Morgan fingerprint density at radius 2 is 2.10 bits per heavy atom. The number of thiophene rings is 1. The molecule has 2 N–H and O–H groups in total. The highest BCUT2D eigenvalue weighted by Crippen LogP contribution is 2.25. The Balaban J connectivity index is 1.33. The van der Waals surface area contributed by atoms with Crippen molar-refractivity contribution in [2.75, 3.05) is 39.9 Å². The first-order chi connectivity index (χ1) is 15.2. The molecule has 0 spiro atoms. The molecule has 0 bridgehead atoms. The highest BCUT2D eigenvalue weighted by atomic mass is 32.1. The fraction of sp³-hybridized carbons (Fsp3) is 0.409. The summed E-state index contributed by atoms with van der Waals surface area (Å²) < 4.78 is 7.50. The van der Waals surface area contributed by atoms with Gasteiger partial charge < -0.3 is 15.4 Å². The number of aromatic nitrogens is 3. The number of nitrogens with one attached hydrogen (secondary N) is 2. The van der Waals surface area contributed by atoms with Crippen LogP contribution in [0.1, 0.15) is 22.3 Å². The Kier molecular flexibility index (Phi) is 7.29. The molecule has 1 aliphatic rings. The second kappa shape index (κ2) is 10.5. The Labute approximate surface area is 187 Å². The van der Waals surface area contributed by atoms with E-state index >= 15 is 0 Å². The minimum absolute atomic E-state index is 0.307. The van der Waals surface area contributed by atoms with Crippen LogP contribution in [0.4, 0.5) is 0 Å². The molecule has 4 heterocycles. The Bertz CT molecular complexity index is 962. The van der Waals surface area contributed by atoms with Gasteiger partial charge in [0.25, 0.3) is 0 Å². The molecule has 1 aliphatic heterocycles. The summed E-state index contributed by atoms with van der Waals surface area (Å²) in [6.45, 7) is 6.88. The molecule has 164 valence electrons. The molecular formula is C22H29N7OS. The molecule has 31 heavy (non-hydrogen) atoms. The fourth-order valence-corrected chi connectivity index (χ4v) is 4.52. The molecule has 0 saturated carbocycles. The van der Waals surface area contributed by atoms with E-state index in [1.807, 2.05) is 30.0 Å². The average Bonchev–Trinajstić information content (AvgIpc) is 3.49.